The minimum atomic E-state index is -0.236. The Bertz CT molecular complexity index is 839. The number of hydrogen-bond donors (Lipinski definition) is 2. The number of benzene rings is 1. The maximum Gasteiger partial charge on any atom is 0.310 e. The molecule has 1 fully saturated rings. The van der Waals surface area contributed by atoms with E-state index in [9.17, 15) is 9.18 Å². The molecular formula is C20H28FIN4O2. The van der Waals surface area contributed by atoms with E-state index in [4.69, 9.17) is 9.73 Å². The van der Waals surface area contributed by atoms with Crippen molar-refractivity contribution in [2.75, 3.05) is 33.3 Å². The number of halogens is 2. The Hall–Kier alpha value is -1.84. The zero-order valence-corrected chi connectivity index (χ0v) is 18.8. The highest BCUT2D eigenvalue weighted by Gasteiger charge is 2.36. The molecule has 0 aliphatic carbocycles. The number of rotatable bonds is 5. The van der Waals surface area contributed by atoms with Crippen LogP contribution in [0, 0.1) is 17.7 Å². The fraction of sp³-hybridized carbons (Fsp3) is 0.500. The van der Waals surface area contributed by atoms with Crippen LogP contribution in [0.25, 0.3) is 10.9 Å². The van der Waals surface area contributed by atoms with E-state index < -0.39 is 0 Å². The number of nitrogens with zero attached hydrogens (tertiary/aromatic N) is 2. The molecule has 3 rings (SSSR count). The molecule has 1 aliphatic rings. The Balaban J connectivity index is 0.00000280. The summed E-state index contributed by atoms with van der Waals surface area (Å²) in [5.41, 5.74) is 1.97. The van der Waals surface area contributed by atoms with Crippen molar-refractivity contribution in [3.05, 3.63) is 35.8 Å². The third kappa shape index (κ3) is 4.95. The monoisotopic (exact) mass is 502 g/mol. The number of esters is 1. The molecule has 0 saturated carbocycles. The van der Waals surface area contributed by atoms with Gasteiger partial charge < -0.3 is 19.9 Å². The predicted octanol–water partition coefficient (Wildman–Crippen LogP) is 3.17. The van der Waals surface area contributed by atoms with Crippen molar-refractivity contribution in [2.24, 2.45) is 16.8 Å². The highest BCUT2D eigenvalue weighted by Crippen LogP contribution is 2.24. The minimum absolute atomic E-state index is 0. The van der Waals surface area contributed by atoms with Gasteiger partial charge in [0, 0.05) is 43.3 Å². The zero-order valence-electron chi connectivity index (χ0n) is 16.5. The minimum Gasteiger partial charge on any atom is -0.469 e. The first kappa shape index (κ1) is 22.4. The third-order valence-corrected chi connectivity index (χ3v) is 5.12. The second-order valence-corrected chi connectivity index (χ2v) is 7.00. The van der Waals surface area contributed by atoms with Crippen molar-refractivity contribution in [3.8, 4) is 0 Å². The number of aromatic nitrogens is 1. The first-order valence-corrected chi connectivity index (χ1v) is 9.40. The molecule has 2 N–H and O–H groups in total. The molecule has 2 atom stereocenters. The fourth-order valence-electron chi connectivity index (χ4n) is 3.66. The van der Waals surface area contributed by atoms with E-state index in [-0.39, 0.29) is 47.6 Å². The third-order valence-electron chi connectivity index (χ3n) is 5.12. The molecule has 6 nitrogen and oxygen atoms in total. The highest BCUT2D eigenvalue weighted by atomic mass is 127. The number of aromatic amines is 1. The van der Waals surface area contributed by atoms with Crippen LogP contribution in [-0.2, 0) is 16.0 Å². The second kappa shape index (κ2) is 10.1. The van der Waals surface area contributed by atoms with Gasteiger partial charge in [-0.15, -0.1) is 24.0 Å². The normalized spacial score (nSPS) is 19.6. The number of likely N-dealkylation sites (tertiary alicyclic amines) is 1. The van der Waals surface area contributed by atoms with Crippen LogP contribution in [0.4, 0.5) is 4.39 Å². The lowest BCUT2D eigenvalue weighted by atomic mass is 9.99. The first-order valence-electron chi connectivity index (χ1n) is 9.40. The number of methoxy groups -OCH3 is 1. The molecule has 8 heteroatoms. The molecule has 1 aromatic heterocycles. The molecule has 0 bridgehead atoms. The summed E-state index contributed by atoms with van der Waals surface area (Å²) in [7, 11) is 1.43. The summed E-state index contributed by atoms with van der Waals surface area (Å²) in [5, 5.41) is 4.20. The molecule has 28 heavy (non-hydrogen) atoms. The summed E-state index contributed by atoms with van der Waals surface area (Å²) < 4.78 is 18.4. The van der Waals surface area contributed by atoms with Gasteiger partial charge in [0.1, 0.15) is 5.82 Å². The molecule has 0 spiro atoms. The van der Waals surface area contributed by atoms with E-state index in [0.717, 1.165) is 35.5 Å². The van der Waals surface area contributed by atoms with Crippen LogP contribution in [0.1, 0.15) is 19.4 Å². The molecule has 1 aliphatic heterocycles. The Kier molecular flexibility index (Phi) is 8.09. The highest BCUT2D eigenvalue weighted by molar-refractivity contribution is 14.0. The van der Waals surface area contributed by atoms with Crippen LogP contribution in [-0.4, -0.2) is 55.1 Å². The van der Waals surface area contributed by atoms with Gasteiger partial charge >= 0.3 is 5.97 Å². The van der Waals surface area contributed by atoms with Crippen LogP contribution in [0.5, 0.6) is 0 Å². The van der Waals surface area contributed by atoms with Crippen molar-refractivity contribution in [1.82, 2.24) is 15.2 Å². The summed E-state index contributed by atoms with van der Waals surface area (Å²) in [6.07, 6.45) is 2.62. The molecule has 0 radical (unpaired) electrons. The summed E-state index contributed by atoms with van der Waals surface area (Å²) in [4.78, 5) is 21.9. The molecule has 1 aromatic carbocycles. The largest absolute Gasteiger partial charge is 0.469 e. The van der Waals surface area contributed by atoms with Gasteiger partial charge in [0.05, 0.1) is 13.0 Å². The summed E-state index contributed by atoms with van der Waals surface area (Å²) in [6.45, 7) is 6.80. The number of guanidine groups is 1. The number of hydrogen-bond acceptors (Lipinski definition) is 3. The van der Waals surface area contributed by atoms with Crippen molar-refractivity contribution >= 4 is 46.8 Å². The topological polar surface area (TPSA) is 69.7 Å². The van der Waals surface area contributed by atoms with Gasteiger partial charge in [0.25, 0.3) is 0 Å². The lowest BCUT2D eigenvalue weighted by Crippen LogP contribution is -2.40. The fourth-order valence-corrected chi connectivity index (χ4v) is 3.66. The van der Waals surface area contributed by atoms with E-state index in [1.54, 1.807) is 12.1 Å². The molecular weight excluding hydrogens is 474 g/mol. The molecule has 2 heterocycles. The van der Waals surface area contributed by atoms with E-state index in [2.05, 4.69) is 22.1 Å². The number of fused-ring (bicyclic) bond motifs is 1. The van der Waals surface area contributed by atoms with Crippen molar-refractivity contribution < 1.29 is 13.9 Å². The molecule has 0 amide bonds. The maximum atomic E-state index is 13.5. The maximum absolute atomic E-state index is 13.5. The van der Waals surface area contributed by atoms with Gasteiger partial charge in [-0.2, -0.15) is 0 Å². The Labute approximate surface area is 181 Å². The Morgan fingerprint density at radius 2 is 2.21 bits per heavy atom. The van der Waals surface area contributed by atoms with E-state index in [0.29, 0.717) is 19.5 Å². The number of nitrogens with one attached hydrogen (secondary N) is 2. The predicted molar refractivity (Wildman–Crippen MR) is 120 cm³/mol. The smallest absolute Gasteiger partial charge is 0.310 e. The Morgan fingerprint density at radius 1 is 1.43 bits per heavy atom. The lowest BCUT2D eigenvalue weighted by Gasteiger charge is -2.21. The number of carbonyl (C=O) groups is 1. The van der Waals surface area contributed by atoms with Crippen molar-refractivity contribution in [1.29, 1.82) is 0 Å². The number of aliphatic imine (C=N–C) groups is 1. The molecule has 154 valence electrons. The van der Waals surface area contributed by atoms with E-state index in [1.807, 2.05) is 13.1 Å². The average Bonchev–Trinajstić information content (AvgIpc) is 3.24. The van der Waals surface area contributed by atoms with Gasteiger partial charge in [0.2, 0.25) is 0 Å². The van der Waals surface area contributed by atoms with Crippen LogP contribution < -0.4 is 5.32 Å². The van der Waals surface area contributed by atoms with Crippen LogP contribution >= 0.6 is 24.0 Å². The van der Waals surface area contributed by atoms with Gasteiger partial charge in [-0.25, -0.2) is 4.39 Å². The van der Waals surface area contributed by atoms with Crippen molar-refractivity contribution in [2.45, 2.75) is 20.3 Å². The summed E-state index contributed by atoms with van der Waals surface area (Å²) >= 11 is 0. The van der Waals surface area contributed by atoms with Crippen molar-refractivity contribution in [3.63, 3.8) is 0 Å². The molecule has 2 aromatic rings. The number of carbonyl (C=O) groups excluding carboxylic acids is 1. The van der Waals surface area contributed by atoms with Gasteiger partial charge in [0.15, 0.2) is 5.96 Å². The SMILES string of the molecule is CCNC(=NCCc1c[nH]c2ccc(F)cc12)N1CC(C)C(C(=O)OC)C1.I. The summed E-state index contributed by atoms with van der Waals surface area (Å²) in [6, 6.07) is 4.76. The van der Waals surface area contributed by atoms with Crippen LogP contribution in [0.2, 0.25) is 0 Å². The zero-order chi connectivity index (χ0) is 19.4. The lowest BCUT2D eigenvalue weighted by molar-refractivity contribution is -0.145. The second-order valence-electron chi connectivity index (χ2n) is 7.00. The summed E-state index contributed by atoms with van der Waals surface area (Å²) in [5.74, 6) is 0.497. The van der Waals surface area contributed by atoms with E-state index >= 15 is 0 Å². The average molecular weight is 502 g/mol. The van der Waals surface area contributed by atoms with E-state index in [1.165, 1.54) is 13.2 Å². The number of H-pyrrole nitrogens is 1. The first-order chi connectivity index (χ1) is 13.0. The van der Waals surface area contributed by atoms with Gasteiger partial charge in [-0.1, -0.05) is 6.92 Å². The van der Waals surface area contributed by atoms with Gasteiger partial charge in [-0.3, -0.25) is 9.79 Å². The standard InChI is InChI=1S/C20H27FN4O2.HI/c1-4-22-20(25-11-13(2)17(12-25)19(26)27-3)23-8-7-14-10-24-18-6-5-15(21)9-16(14)18;/h5-6,9-10,13,17,24H,4,7-8,11-12H2,1-3H3,(H,22,23);1H. The molecule has 2 unspecified atom stereocenters. The van der Waals surface area contributed by atoms with Crippen LogP contribution in [0.3, 0.4) is 0 Å². The quantitative estimate of drug-likeness (QED) is 0.285. The molecule has 1 saturated heterocycles. The number of ether oxygens (including phenoxy) is 1. The Morgan fingerprint density at radius 3 is 2.93 bits per heavy atom. The van der Waals surface area contributed by atoms with Gasteiger partial charge in [-0.05, 0) is 43.0 Å². The van der Waals surface area contributed by atoms with Crippen LogP contribution in [0.15, 0.2) is 29.4 Å².